The predicted octanol–water partition coefficient (Wildman–Crippen LogP) is 2.38. The fraction of sp³-hybridized carbons (Fsp3) is 0.667. The Morgan fingerprint density at radius 2 is 1.95 bits per heavy atom. The largest absolute Gasteiger partial charge is 0.339 e. The predicted molar refractivity (Wildman–Crippen MR) is 78.5 cm³/mol. The third kappa shape index (κ3) is 2.43. The standard InChI is InChI=1S/C15H22N2OS/c18-14(17-10-8-16-9-11-17)15(6-2-1-3-7-15)13-5-4-12-19-13/h4-5,12,16H,1-3,6-11H2. The van der Waals surface area contributed by atoms with Crippen LogP contribution in [0.1, 0.15) is 37.0 Å². The van der Waals surface area contributed by atoms with Gasteiger partial charge in [-0.1, -0.05) is 25.3 Å². The first-order valence-electron chi connectivity index (χ1n) is 7.37. The molecule has 1 aliphatic carbocycles. The molecule has 0 radical (unpaired) electrons. The second kappa shape index (κ2) is 5.63. The fourth-order valence-electron chi connectivity index (χ4n) is 3.44. The van der Waals surface area contributed by atoms with Gasteiger partial charge in [0.2, 0.25) is 5.91 Å². The number of carbonyl (C=O) groups excluding carboxylic acids is 1. The SMILES string of the molecule is O=C(N1CCNCC1)C1(c2cccs2)CCCCC1. The van der Waals surface area contributed by atoms with Gasteiger partial charge in [-0.3, -0.25) is 4.79 Å². The van der Waals surface area contributed by atoms with Gasteiger partial charge in [-0.15, -0.1) is 11.3 Å². The zero-order valence-corrected chi connectivity index (χ0v) is 12.2. The number of amides is 1. The van der Waals surface area contributed by atoms with E-state index in [1.54, 1.807) is 11.3 Å². The Kier molecular flexibility index (Phi) is 3.89. The van der Waals surface area contributed by atoms with Crippen LogP contribution in [0.3, 0.4) is 0 Å². The van der Waals surface area contributed by atoms with Crippen molar-refractivity contribution in [3.05, 3.63) is 22.4 Å². The van der Waals surface area contributed by atoms with Gasteiger partial charge in [0.15, 0.2) is 0 Å². The minimum absolute atomic E-state index is 0.205. The zero-order chi connectivity index (χ0) is 13.1. The van der Waals surface area contributed by atoms with Crippen LogP contribution in [-0.4, -0.2) is 37.0 Å². The van der Waals surface area contributed by atoms with Crippen LogP contribution in [0.2, 0.25) is 0 Å². The first-order valence-corrected chi connectivity index (χ1v) is 8.25. The molecule has 1 saturated carbocycles. The fourth-order valence-corrected chi connectivity index (χ4v) is 4.42. The number of piperazine rings is 1. The molecule has 0 atom stereocenters. The van der Waals surface area contributed by atoms with Crippen molar-refractivity contribution >= 4 is 17.2 Å². The van der Waals surface area contributed by atoms with Gasteiger partial charge in [-0.05, 0) is 24.3 Å². The number of rotatable bonds is 2. The number of nitrogens with one attached hydrogen (secondary N) is 1. The molecular formula is C15H22N2OS. The lowest BCUT2D eigenvalue weighted by molar-refractivity contribution is -0.139. The number of hydrogen-bond acceptors (Lipinski definition) is 3. The van der Waals surface area contributed by atoms with Crippen molar-refractivity contribution in [2.24, 2.45) is 0 Å². The van der Waals surface area contributed by atoms with E-state index in [-0.39, 0.29) is 5.41 Å². The molecule has 1 aromatic rings. The Morgan fingerprint density at radius 1 is 1.21 bits per heavy atom. The zero-order valence-electron chi connectivity index (χ0n) is 11.4. The van der Waals surface area contributed by atoms with Gasteiger partial charge in [0.1, 0.15) is 0 Å². The highest BCUT2D eigenvalue weighted by Gasteiger charge is 2.44. The smallest absolute Gasteiger partial charge is 0.234 e. The molecule has 2 aliphatic rings. The maximum absolute atomic E-state index is 13.1. The van der Waals surface area contributed by atoms with E-state index in [9.17, 15) is 4.79 Å². The summed E-state index contributed by atoms with van der Waals surface area (Å²) in [5.74, 6) is 0.385. The van der Waals surface area contributed by atoms with Crippen molar-refractivity contribution in [3.8, 4) is 0 Å². The molecule has 1 amide bonds. The molecule has 3 nitrogen and oxygen atoms in total. The maximum Gasteiger partial charge on any atom is 0.234 e. The lowest BCUT2D eigenvalue weighted by atomic mass is 9.72. The molecule has 0 spiro atoms. The van der Waals surface area contributed by atoms with E-state index in [0.717, 1.165) is 39.0 Å². The second-order valence-corrected chi connectivity index (χ2v) is 6.61. The molecule has 1 N–H and O–H groups in total. The molecule has 0 bridgehead atoms. The summed E-state index contributed by atoms with van der Waals surface area (Å²) in [7, 11) is 0. The minimum atomic E-state index is -0.205. The van der Waals surface area contributed by atoms with Crippen molar-refractivity contribution in [3.63, 3.8) is 0 Å². The summed E-state index contributed by atoms with van der Waals surface area (Å²) < 4.78 is 0. The van der Waals surface area contributed by atoms with Gasteiger partial charge in [-0.2, -0.15) is 0 Å². The molecule has 0 aromatic carbocycles. The summed E-state index contributed by atoms with van der Waals surface area (Å²) in [6.45, 7) is 3.61. The van der Waals surface area contributed by atoms with Gasteiger partial charge in [0, 0.05) is 31.1 Å². The van der Waals surface area contributed by atoms with Crippen LogP contribution in [0.25, 0.3) is 0 Å². The van der Waals surface area contributed by atoms with Crippen LogP contribution < -0.4 is 5.32 Å². The molecule has 0 unspecified atom stereocenters. The summed E-state index contributed by atoms with van der Waals surface area (Å²) in [6.07, 6.45) is 5.74. The van der Waals surface area contributed by atoms with E-state index >= 15 is 0 Å². The number of nitrogens with zero attached hydrogens (tertiary/aromatic N) is 1. The monoisotopic (exact) mass is 278 g/mol. The Morgan fingerprint density at radius 3 is 2.58 bits per heavy atom. The number of hydrogen-bond donors (Lipinski definition) is 1. The van der Waals surface area contributed by atoms with Crippen LogP contribution in [0.4, 0.5) is 0 Å². The van der Waals surface area contributed by atoms with E-state index in [4.69, 9.17) is 0 Å². The third-order valence-corrected chi connectivity index (χ3v) is 5.59. The topological polar surface area (TPSA) is 32.3 Å². The number of carbonyl (C=O) groups is 1. The van der Waals surface area contributed by atoms with E-state index in [1.165, 1.54) is 24.1 Å². The molecule has 2 fully saturated rings. The van der Waals surface area contributed by atoms with Crippen LogP contribution in [0.15, 0.2) is 17.5 Å². The molecule has 4 heteroatoms. The normalized spacial score (nSPS) is 23.3. The highest BCUT2D eigenvalue weighted by molar-refractivity contribution is 7.10. The molecule has 2 heterocycles. The maximum atomic E-state index is 13.1. The lowest BCUT2D eigenvalue weighted by Gasteiger charge is -2.40. The van der Waals surface area contributed by atoms with E-state index < -0.39 is 0 Å². The van der Waals surface area contributed by atoms with E-state index in [1.807, 2.05) is 0 Å². The Hall–Kier alpha value is -0.870. The molecule has 19 heavy (non-hydrogen) atoms. The van der Waals surface area contributed by atoms with Crippen molar-refractivity contribution in [2.45, 2.75) is 37.5 Å². The lowest BCUT2D eigenvalue weighted by Crippen LogP contribution is -2.54. The Labute approximate surface area is 119 Å². The third-order valence-electron chi connectivity index (χ3n) is 4.51. The van der Waals surface area contributed by atoms with Gasteiger partial charge in [0.25, 0.3) is 0 Å². The van der Waals surface area contributed by atoms with Gasteiger partial charge < -0.3 is 10.2 Å². The van der Waals surface area contributed by atoms with E-state index in [0.29, 0.717) is 5.91 Å². The first kappa shape index (κ1) is 13.1. The van der Waals surface area contributed by atoms with Crippen LogP contribution >= 0.6 is 11.3 Å². The molecule has 104 valence electrons. The average Bonchev–Trinajstić information content (AvgIpc) is 3.03. The van der Waals surface area contributed by atoms with Crippen LogP contribution in [0, 0.1) is 0 Å². The van der Waals surface area contributed by atoms with Gasteiger partial charge in [0.05, 0.1) is 5.41 Å². The minimum Gasteiger partial charge on any atom is -0.339 e. The molecule has 3 rings (SSSR count). The summed E-state index contributed by atoms with van der Waals surface area (Å²) >= 11 is 1.76. The summed E-state index contributed by atoms with van der Waals surface area (Å²) in [6, 6.07) is 4.25. The van der Waals surface area contributed by atoms with Gasteiger partial charge >= 0.3 is 0 Å². The summed E-state index contributed by atoms with van der Waals surface area (Å²) in [5.41, 5.74) is -0.205. The molecule has 1 aromatic heterocycles. The van der Waals surface area contributed by atoms with Crippen LogP contribution in [-0.2, 0) is 10.2 Å². The molecule has 1 aliphatic heterocycles. The quantitative estimate of drug-likeness (QED) is 0.901. The van der Waals surface area contributed by atoms with Gasteiger partial charge in [-0.25, -0.2) is 0 Å². The Bertz CT molecular complexity index is 417. The van der Waals surface area contributed by atoms with Crippen molar-refractivity contribution in [1.29, 1.82) is 0 Å². The first-order chi connectivity index (χ1) is 9.33. The average molecular weight is 278 g/mol. The highest BCUT2D eigenvalue weighted by atomic mass is 32.1. The Balaban J connectivity index is 1.88. The summed E-state index contributed by atoms with van der Waals surface area (Å²) in [5, 5.41) is 5.44. The van der Waals surface area contributed by atoms with Crippen molar-refractivity contribution < 1.29 is 4.79 Å². The highest BCUT2D eigenvalue weighted by Crippen LogP contribution is 2.43. The van der Waals surface area contributed by atoms with Crippen LogP contribution in [0.5, 0.6) is 0 Å². The molecular weight excluding hydrogens is 256 g/mol. The summed E-state index contributed by atoms with van der Waals surface area (Å²) in [4.78, 5) is 16.5. The van der Waals surface area contributed by atoms with Crippen molar-refractivity contribution in [1.82, 2.24) is 10.2 Å². The number of thiophene rings is 1. The van der Waals surface area contributed by atoms with E-state index in [2.05, 4.69) is 27.7 Å². The second-order valence-electron chi connectivity index (χ2n) is 5.66. The molecule has 1 saturated heterocycles. The van der Waals surface area contributed by atoms with Crippen molar-refractivity contribution in [2.75, 3.05) is 26.2 Å².